The van der Waals surface area contributed by atoms with E-state index >= 15 is 8.78 Å². The number of amides is 3. The lowest BCUT2D eigenvalue weighted by atomic mass is 9.86. The summed E-state index contributed by atoms with van der Waals surface area (Å²) in [6, 6.07) is 0.270. The molecule has 10 nitrogen and oxygen atoms in total. The molecular weight excluding hydrogens is 576 g/mol. The molecule has 0 spiro atoms. The molecule has 2 aromatic rings. The molecule has 1 saturated carbocycles. The smallest absolute Gasteiger partial charge is 0.315 e. The molecule has 1 aliphatic heterocycles. The van der Waals surface area contributed by atoms with E-state index in [0.717, 1.165) is 17.0 Å². The predicted molar refractivity (Wildman–Crippen MR) is 149 cm³/mol. The number of methoxy groups -OCH3 is 2. The van der Waals surface area contributed by atoms with E-state index in [1.54, 1.807) is 0 Å². The number of carbonyl (C=O) groups is 2. The number of halogens is 4. The molecule has 1 unspecified atom stereocenters. The van der Waals surface area contributed by atoms with Gasteiger partial charge in [-0.05, 0) is 44.7 Å². The van der Waals surface area contributed by atoms with Gasteiger partial charge in [-0.15, -0.1) is 0 Å². The van der Waals surface area contributed by atoms with Gasteiger partial charge in [0.1, 0.15) is 29.1 Å². The van der Waals surface area contributed by atoms with Crippen molar-refractivity contribution in [3.8, 4) is 5.75 Å². The van der Waals surface area contributed by atoms with Crippen molar-refractivity contribution in [2.24, 2.45) is 5.92 Å². The number of hydrogen-bond acceptors (Lipinski definition) is 6. The average Bonchev–Trinajstić information content (AvgIpc) is 3.20. The topological polar surface area (TPSA) is 122 Å². The van der Waals surface area contributed by atoms with Crippen molar-refractivity contribution in [3.63, 3.8) is 0 Å². The van der Waals surface area contributed by atoms with Gasteiger partial charge in [0.2, 0.25) is 6.43 Å². The highest BCUT2D eigenvalue weighted by Crippen LogP contribution is 2.40. The summed E-state index contributed by atoms with van der Waals surface area (Å²) >= 11 is 0. The molecule has 2 aliphatic rings. The average molecular weight is 613 g/mol. The Morgan fingerprint density at radius 3 is 2.30 bits per heavy atom. The van der Waals surface area contributed by atoms with E-state index in [2.05, 4.69) is 10.6 Å². The third kappa shape index (κ3) is 6.64. The molecule has 3 amide bonds. The number of benzene rings is 1. The Morgan fingerprint density at radius 1 is 1.09 bits per heavy atom. The monoisotopic (exact) mass is 612 g/mol. The molecule has 0 radical (unpaired) electrons. The number of ether oxygens (including phenoxy) is 2. The van der Waals surface area contributed by atoms with Gasteiger partial charge in [-0.1, -0.05) is 0 Å². The first kappa shape index (κ1) is 32.3. The minimum Gasteiger partial charge on any atom is -0.497 e. The van der Waals surface area contributed by atoms with Gasteiger partial charge in [-0.2, -0.15) is 0 Å². The Kier molecular flexibility index (Phi) is 10.3. The summed E-state index contributed by atoms with van der Waals surface area (Å²) < 4.78 is 68.2. The van der Waals surface area contributed by atoms with Crippen LogP contribution in [-0.2, 0) is 9.53 Å². The third-order valence-electron chi connectivity index (χ3n) is 8.34. The fourth-order valence-electron chi connectivity index (χ4n) is 6.10. The summed E-state index contributed by atoms with van der Waals surface area (Å²) in [4.78, 5) is 41.6. The second kappa shape index (κ2) is 13.8. The first-order valence-corrected chi connectivity index (χ1v) is 14.0. The Bertz CT molecular complexity index is 1340. The van der Waals surface area contributed by atoms with Gasteiger partial charge in [-0.3, -0.25) is 9.59 Å². The third-order valence-corrected chi connectivity index (χ3v) is 8.34. The largest absolute Gasteiger partial charge is 0.497 e. The Morgan fingerprint density at radius 2 is 1.74 bits per heavy atom. The number of hydrogen-bond donors (Lipinski definition) is 3. The zero-order valence-electron chi connectivity index (χ0n) is 24.1. The molecule has 2 fully saturated rings. The lowest BCUT2D eigenvalue weighted by molar-refractivity contribution is -0.118. The van der Waals surface area contributed by atoms with E-state index in [0.29, 0.717) is 12.8 Å². The number of aromatic nitrogens is 1. The Balaban J connectivity index is 1.69. The minimum absolute atomic E-state index is 0.00215. The number of aliphatic hydroxyl groups excluding tert-OH is 1. The van der Waals surface area contributed by atoms with Crippen LogP contribution in [0.5, 0.6) is 5.75 Å². The van der Waals surface area contributed by atoms with E-state index in [-0.39, 0.29) is 30.9 Å². The molecule has 3 N–H and O–H groups in total. The zero-order chi connectivity index (χ0) is 31.4. The lowest BCUT2D eigenvalue weighted by Gasteiger charge is -2.29. The van der Waals surface area contributed by atoms with Crippen molar-refractivity contribution in [2.75, 3.05) is 32.3 Å². The summed E-state index contributed by atoms with van der Waals surface area (Å²) in [6.07, 6.45) is 0.0385. The summed E-state index contributed by atoms with van der Waals surface area (Å²) in [7, 11) is 2.64. The van der Waals surface area contributed by atoms with Crippen LogP contribution in [0.2, 0.25) is 0 Å². The van der Waals surface area contributed by atoms with E-state index in [1.807, 2.05) is 0 Å². The Hall–Kier alpha value is -3.65. The maximum absolute atomic E-state index is 15.4. The van der Waals surface area contributed by atoms with Crippen molar-refractivity contribution < 1.29 is 41.7 Å². The Labute approximate surface area is 246 Å². The fraction of sp³-hybridized carbons (Fsp3) is 0.552. The number of aliphatic hydroxyl groups is 1. The number of alkyl halides is 2. The van der Waals surface area contributed by atoms with Crippen LogP contribution in [0.4, 0.5) is 28.0 Å². The van der Waals surface area contributed by atoms with Gasteiger partial charge in [0.15, 0.2) is 0 Å². The van der Waals surface area contributed by atoms with Crippen molar-refractivity contribution in [1.29, 1.82) is 0 Å². The highest BCUT2D eigenvalue weighted by atomic mass is 19.3. The van der Waals surface area contributed by atoms with Crippen molar-refractivity contribution >= 4 is 17.6 Å². The van der Waals surface area contributed by atoms with Gasteiger partial charge in [0.25, 0.3) is 11.5 Å². The van der Waals surface area contributed by atoms with Gasteiger partial charge >= 0.3 is 6.03 Å². The van der Waals surface area contributed by atoms with Crippen molar-refractivity contribution in [2.45, 2.75) is 69.1 Å². The van der Waals surface area contributed by atoms with E-state index in [4.69, 9.17) is 9.47 Å². The fourth-order valence-corrected chi connectivity index (χ4v) is 6.10. The molecule has 2 heterocycles. The quantitative estimate of drug-likeness (QED) is 0.354. The summed E-state index contributed by atoms with van der Waals surface area (Å²) in [5, 5.41) is 15.0. The number of pyridine rings is 1. The molecule has 1 aliphatic carbocycles. The number of carbonyl (C=O) groups excluding carboxylic acids is 2. The van der Waals surface area contributed by atoms with Crippen LogP contribution in [0.1, 0.15) is 50.1 Å². The van der Waals surface area contributed by atoms with Crippen LogP contribution < -0.4 is 25.8 Å². The number of anilines is 1. The number of nitrogens with zero attached hydrogens (tertiary/aromatic N) is 2. The predicted octanol–water partition coefficient (Wildman–Crippen LogP) is 3.33. The summed E-state index contributed by atoms with van der Waals surface area (Å²) in [5.74, 6) is -4.92. The molecule has 4 atom stereocenters. The van der Waals surface area contributed by atoms with Crippen LogP contribution in [-0.4, -0.2) is 73.6 Å². The number of urea groups is 1. The number of rotatable bonds is 10. The van der Waals surface area contributed by atoms with Crippen LogP contribution in [0.3, 0.4) is 0 Å². The minimum atomic E-state index is -2.45. The number of nitrogens with one attached hydrogen (secondary N) is 2. The zero-order valence-corrected chi connectivity index (χ0v) is 24.1. The molecule has 4 rings (SSSR count). The van der Waals surface area contributed by atoms with Crippen LogP contribution in [0, 0.1) is 17.6 Å². The van der Waals surface area contributed by atoms with Gasteiger partial charge in [-0.25, -0.2) is 22.4 Å². The van der Waals surface area contributed by atoms with Gasteiger partial charge in [0, 0.05) is 54.9 Å². The van der Waals surface area contributed by atoms with Crippen molar-refractivity contribution in [3.05, 3.63) is 58.0 Å². The standard InChI is InChI=1S/C29H36F4N4O6/c1-15-23(24-20(30)11-19(43-3)12-21(24)31)25(35-29(41)34-17-8-6-16(7-9-17)26(32)33)28(40)37(15)22-5-4-10-36(27(22)39)18(13-38)14-42-2/h4-5,10-12,15-18,23,25-26,38H,6-9,13-14H2,1-3H3,(H2,34,35,41)/t15-,16-,17-,18?,23-,25-/m0/s1. The second-order valence-corrected chi connectivity index (χ2v) is 10.9. The van der Waals surface area contributed by atoms with Crippen LogP contribution in [0.15, 0.2) is 35.3 Å². The summed E-state index contributed by atoms with van der Waals surface area (Å²) in [5.41, 5.74) is -1.26. The van der Waals surface area contributed by atoms with Crippen LogP contribution in [0.25, 0.3) is 0 Å². The molecule has 43 heavy (non-hydrogen) atoms. The van der Waals surface area contributed by atoms with Crippen LogP contribution >= 0.6 is 0 Å². The molecule has 1 aromatic heterocycles. The van der Waals surface area contributed by atoms with E-state index < -0.39 is 83.7 Å². The van der Waals surface area contributed by atoms with Gasteiger partial charge in [0.05, 0.1) is 26.4 Å². The molecule has 236 valence electrons. The molecular formula is C29H36F4N4O6. The van der Waals surface area contributed by atoms with Crippen molar-refractivity contribution in [1.82, 2.24) is 15.2 Å². The maximum Gasteiger partial charge on any atom is 0.315 e. The van der Waals surface area contributed by atoms with E-state index in [9.17, 15) is 28.3 Å². The SMILES string of the molecule is COCC(CO)n1cccc(N2C(=O)[C@@H](NC(=O)N[C@H]3CC[C@H](C(F)F)CC3)[C@H](c3c(F)cc(OC)cc3F)[C@@H]2C)c1=O. The molecule has 1 saturated heterocycles. The first-order valence-electron chi connectivity index (χ1n) is 14.0. The summed E-state index contributed by atoms with van der Waals surface area (Å²) in [6.45, 7) is 1.07. The first-order chi connectivity index (χ1) is 20.5. The molecule has 1 aromatic carbocycles. The highest BCUT2D eigenvalue weighted by Gasteiger charge is 2.51. The second-order valence-electron chi connectivity index (χ2n) is 10.9. The van der Waals surface area contributed by atoms with Gasteiger partial charge < -0.3 is 34.7 Å². The maximum atomic E-state index is 15.4. The normalized spacial score (nSPS) is 24.7. The lowest BCUT2D eigenvalue weighted by Crippen LogP contribution is -2.51. The highest BCUT2D eigenvalue weighted by molar-refractivity contribution is 6.03. The van der Waals surface area contributed by atoms with E-state index in [1.165, 1.54) is 44.0 Å². The molecule has 14 heteroatoms. The molecule has 0 bridgehead atoms.